The van der Waals surface area contributed by atoms with Crippen LogP contribution in [-0.2, 0) is 0 Å². The summed E-state index contributed by atoms with van der Waals surface area (Å²) in [5.41, 5.74) is 6.50. The van der Waals surface area contributed by atoms with Gasteiger partial charge >= 0.3 is 0 Å². The van der Waals surface area contributed by atoms with Crippen LogP contribution in [0.3, 0.4) is 0 Å². The van der Waals surface area contributed by atoms with Crippen molar-refractivity contribution in [3.8, 4) is 0 Å². The van der Waals surface area contributed by atoms with Crippen molar-refractivity contribution in [1.82, 2.24) is 0 Å². The van der Waals surface area contributed by atoms with Gasteiger partial charge < -0.3 is 11.1 Å². The van der Waals surface area contributed by atoms with Crippen LogP contribution in [0.2, 0.25) is 0 Å². The first kappa shape index (κ1) is 13.5. The van der Waals surface area contributed by atoms with Gasteiger partial charge in [-0.15, -0.1) is 0 Å². The fourth-order valence-corrected chi connectivity index (χ4v) is 1.92. The minimum Gasteiger partial charge on any atom is -0.399 e. The summed E-state index contributed by atoms with van der Waals surface area (Å²) in [7, 11) is 0. The number of halogens is 3. The normalized spacial score (nSPS) is 10.3. The lowest BCUT2D eigenvalue weighted by Gasteiger charge is -2.08. The SMILES string of the molecule is Nc1ccc(Br)c(C(=O)Nc2ccc(F)c(F)c2)c1. The van der Waals surface area contributed by atoms with Crippen molar-refractivity contribution < 1.29 is 13.6 Å². The van der Waals surface area contributed by atoms with Crippen LogP contribution in [0.4, 0.5) is 20.2 Å². The van der Waals surface area contributed by atoms with Crippen molar-refractivity contribution in [2.75, 3.05) is 11.1 Å². The molecule has 0 fully saturated rings. The van der Waals surface area contributed by atoms with Crippen LogP contribution >= 0.6 is 15.9 Å². The number of hydrogen-bond acceptors (Lipinski definition) is 2. The Balaban J connectivity index is 2.25. The zero-order valence-electron chi connectivity index (χ0n) is 9.58. The number of carbonyl (C=O) groups is 1. The zero-order chi connectivity index (χ0) is 14.0. The Kier molecular flexibility index (Phi) is 3.80. The molecule has 0 spiro atoms. The quantitative estimate of drug-likeness (QED) is 0.829. The van der Waals surface area contributed by atoms with Gasteiger partial charge in [-0.3, -0.25) is 4.79 Å². The second kappa shape index (κ2) is 5.36. The van der Waals surface area contributed by atoms with Crippen LogP contribution in [0, 0.1) is 11.6 Å². The minimum absolute atomic E-state index is 0.165. The molecule has 2 rings (SSSR count). The maximum absolute atomic E-state index is 13.0. The Morgan fingerprint density at radius 2 is 1.84 bits per heavy atom. The summed E-state index contributed by atoms with van der Waals surface area (Å²) in [5.74, 6) is -2.46. The molecule has 0 aliphatic heterocycles. The Labute approximate surface area is 116 Å². The molecule has 0 unspecified atom stereocenters. The lowest BCUT2D eigenvalue weighted by atomic mass is 10.2. The van der Waals surface area contributed by atoms with E-state index in [2.05, 4.69) is 21.2 Å². The van der Waals surface area contributed by atoms with Crippen LogP contribution in [-0.4, -0.2) is 5.91 Å². The second-order valence-corrected chi connectivity index (χ2v) is 4.68. The summed E-state index contributed by atoms with van der Waals surface area (Å²) in [4.78, 5) is 12.0. The molecule has 0 saturated heterocycles. The Hall–Kier alpha value is -1.95. The third-order valence-electron chi connectivity index (χ3n) is 2.41. The van der Waals surface area contributed by atoms with Crippen molar-refractivity contribution in [3.05, 3.63) is 58.1 Å². The van der Waals surface area contributed by atoms with Crippen molar-refractivity contribution in [3.63, 3.8) is 0 Å². The van der Waals surface area contributed by atoms with E-state index in [1.54, 1.807) is 12.1 Å². The molecule has 98 valence electrons. The van der Waals surface area contributed by atoms with Gasteiger partial charge in [0.1, 0.15) is 0 Å². The van der Waals surface area contributed by atoms with Gasteiger partial charge in [0.25, 0.3) is 5.91 Å². The predicted molar refractivity (Wildman–Crippen MR) is 72.9 cm³/mol. The van der Waals surface area contributed by atoms with Crippen molar-refractivity contribution in [2.45, 2.75) is 0 Å². The number of rotatable bonds is 2. The predicted octanol–water partition coefficient (Wildman–Crippen LogP) is 3.56. The van der Waals surface area contributed by atoms with Crippen LogP contribution in [0.1, 0.15) is 10.4 Å². The number of amides is 1. The molecule has 1 amide bonds. The summed E-state index contributed by atoms with van der Waals surface area (Å²) >= 11 is 3.22. The number of nitrogens with two attached hydrogens (primary N) is 1. The molecule has 0 bridgehead atoms. The van der Waals surface area contributed by atoms with Crippen LogP contribution < -0.4 is 11.1 Å². The van der Waals surface area contributed by atoms with E-state index in [-0.39, 0.29) is 5.69 Å². The van der Waals surface area contributed by atoms with E-state index < -0.39 is 17.5 Å². The first-order valence-corrected chi connectivity index (χ1v) is 6.08. The van der Waals surface area contributed by atoms with E-state index in [0.29, 0.717) is 15.7 Å². The van der Waals surface area contributed by atoms with Crippen molar-refractivity contribution in [1.29, 1.82) is 0 Å². The lowest BCUT2D eigenvalue weighted by molar-refractivity contribution is 0.102. The molecule has 0 aromatic heterocycles. The fraction of sp³-hybridized carbons (Fsp3) is 0. The van der Waals surface area contributed by atoms with E-state index in [9.17, 15) is 13.6 Å². The highest BCUT2D eigenvalue weighted by molar-refractivity contribution is 9.10. The van der Waals surface area contributed by atoms with Gasteiger partial charge in [-0.25, -0.2) is 8.78 Å². The van der Waals surface area contributed by atoms with Gasteiger partial charge in [-0.05, 0) is 46.3 Å². The van der Waals surface area contributed by atoms with E-state index in [0.717, 1.165) is 12.1 Å². The molecule has 3 N–H and O–H groups in total. The van der Waals surface area contributed by atoms with Crippen molar-refractivity contribution >= 4 is 33.2 Å². The third-order valence-corrected chi connectivity index (χ3v) is 3.10. The molecule has 2 aromatic rings. The van der Waals surface area contributed by atoms with Gasteiger partial charge in [0.2, 0.25) is 0 Å². The summed E-state index contributed by atoms with van der Waals surface area (Å²) < 4.78 is 26.3. The molecular weight excluding hydrogens is 318 g/mol. The summed E-state index contributed by atoms with van der Waals surface area (Å²) in [5, 5.41) is 2.46. The molecule has 0 atom stereocenters. The monoisotopic (exact) mass is 326 g/mol. The number of hydrogen-bond donors (Lipinski definition) is 2. The van der Waals surface area contributed by atoms with E-state index in [1.165, 1.54) is 12.1 Å². The number of nitrogens with one attached hydrogen (secondary N) is 1. The zero-order valence-corrected chi connectivity index (χ0v) is 11.2. The third kappa shape index (κ3) is 3.08. The molecule has 0 saturated carbocycles. The fourth-order valence-electron chi connectivity index (χ4n) is 1.49. The smallest absolute Gasteiger partial charge is 0.256 e. The van der Waals surface area contributed by atoms with E-state index in [1.807, 2.05) is 0 Å². The first-order valence-electron chi connectivity index (χ1n) is 5.29. The average Bonchev–Trinajstić information content (AvgIpc) is 2.36. The molecule has 6 heteroatoms. The molecule has 0 aliphatic carbocycles. The Morgan fingerprint density at radius 3 is 2.53 bits per heavy atom. The number of carbonyl (C=O) groups excluding carboxylic acids is 1. The summed E-state index contributed by atoms with van der Waals surface area (Å²) in [6, 6.07) is 7.89. The average molecular weight is 327 g/mol. The lowest BCUT2D eigenvalue weighted by Crippen LogP contribution is -2.13. The van der Waals surface area contributed by atoms with Gasteiger partial charge in [-0.1, -0.05) is 0 Å². The molecule has 2 aromatic carbocycles. The first-order chi connectivity index (χ1) is 8.97. The highest BCUT2D eigenvalue weighted by Gasteiger charge is 2.12. The molecule has 0 aliphatic rings. The largest absolute Gasteiger partial charge is 0.399 e. The van der Waals surface area contributed by atoms with Gasteiger partial charge in [0, 0.05) is 21.9 Å². The molecule has 19 heavy (non-hydrogen) atoms. The summed E-state index contributed by atoms with van der Waals surface area (Å²) in [6.07, 6.45) is 0. The Bertz CT molecular complexity index is 647. The van der Waals surface area contributed by atoms with Crippen LogP contribution in [0.5, 0.6) is 0 Å². The standard InChI is InChI=1S/C13H9BrF2N2O/c14-10-3-1-7(17)5-9(10)13(19)18-8-2-4-11(15)12(16)6-8/h1-6H,17H2,(H,18,19). The topological polar surface area (TPSA) is 55.1 Å². The highest BCUT2D eigenvalue weighted by atomic mass is 79.9. The number of nitrogen functional groups attached to an aromatic ring is 1. The highest BCUT2D eigenvalue weighted by Crippen LogP contribution is 2.21. The van der Waals surface area contributed by atoms with Crippen LogP contribution in [0.15, 0.2) is 40.9 Å². The van der Waals surface area contributed by atoms with Crippen molar-refractivity contribution in [2.24, 2.45) is 0 Å². The van der Waals surface area contributed by atoms with E-state index in [4.69, 9.17) is 5.73 Å². The maximum Gasteiger partial charge on any atom is 0.256 e. The second-order valence-electron chi connectivity index (χ2n) is 3.82. The summed E-state index contributed by atoms with van der Waals surface area (Å²) in [6.45, 7) is 0. The number of anilines is 2. The van der Waals surface area contributed by atoms with Gasteiger partial charge in [0.15, 0.2) is 11.6 Å². The number of benzene rings is 2. The van der Waals surface area contributed by atoms with Gasteiger partial charge in [0.05, 0.1) is 5.56 Å². The molecular formula is C13H9BrF2N2O. The van der Waals surface area contributed by atoms with Crippen LogP contribution in [0.25, 0.3) is 0 Å². The minimum atomic E-state index is -1.02. The molecule has 0 heterocycles. The van der Waals surface area contributed by atoms with Gasteiger partial charge in [-0.2, -0.15) is 0 Å². The Morgan fingerprint density at radius 1 is 1.11 bits per heavy atom. The maximum atomic E-state index is 13.0. The molecule has 0 radical (unpaired) electrons. The molecule has 3 nitrogen and oxygen atoms in total. The van der Waals surface area contributed by atoms with E-state index >= 15 is 0 Å².